The molecular weight excluding hydrogens is 215 g/mol. The second kappa shape index (κ2) is 4.22. The number of nitrogens with two attached hydrogens (primary N) is 1. The highest BCUT2D eigenvalue weighted by molar-refractivity contribution is 7.18. The maximum absolute atomic E-state index is 12.8. The van der Waals surface area contributed by atoms with Crippen molar-refractivity contribution in [2.24, 2.45) is 0 Å². The third-order valence-electron chi connectivity index (χ3n) is 1.77. The van der Waals surface area contributed by atoms with Crippen molar-refractivity contribution in [1.29, 1.82) is 0 Å². The molecule has 0 aliphatic carbocycles. The molecule has 4 nitrogen and oxygen atoms in total. The van der Waals surface area contributed by atoms with Gasteiger partial charge in [-0.05, 0) is 17.7 Å². The summed E-state index contributed by atoms with van der Waals surface area (Å²) in [5.41, 5.74) is 6.27. The Hall–Kier alpha value is -1.69. The standard InChI is InChI=1S/C9H9FN4S/c10-7-3-1-2-6(4-7)5-12-9-14-13-8(11)15-9/h1-4H,5H2,(H2,11,13)(H,12,14). The first-order valence-corrected chi connectivity index (χ1v) is 5.13. The number of hydrogen-bond donors (Lipinski definition) is 2. The van der Waals surface area contributed by atoms with Gasteiger partial charge in [-0.2, -0.15) is 0 Å². The molecule has 0 atom stereocenters. The van der Waals surface area contributed by atoms with Gasteiger partial charge in [-0.1, -0.05) is 23.5 Å². The molecule has 0 fully saturated rings. The Bertz CT molecular complexity index is 457. The molecule has 0 aliphatic heterocycles. The fraction of sp³-hybridized carbons (Fsp3) is 0.111. The van der Waals surface area contributed by atoms with Crippen LogP contribution >= 0.6 is 11.3 Å². The molecule has 0 aliphatic rings. The lowest BCUT2D eigenvalue weighted by atomic mass is 10.2. The molecule has 1 aromatic heterocycles. The van der Waals surface area contributed by atoms with Gasteiger partial charge in [0.1, 0.15) is 5.82 Å². The maximum atomic E-state index is 12.8. The third-order valence-corrected chi connectivity index (χ3v) is 2.48. The van der Waals surface area contributed by atoms with E-state index in [-0.39, 0.29) is 5.82 Å². The lowest BCUT2D eigenvalue weighted by Gasteiger charge is -2.01. The van der Waals surface area contributed by atoms with Gasteiger partial charge in [0.15, 0.2) is 0 Å². The van der Waals surface area contributed by atoms with Crippen LogP contribution in [-0.2, 0) is 6.54 Å². The molecular formula is C9H9FN4S. The minimum atomic E-state index is -0.244. The van der Waals surface area contributed by atoms with Crippen LogP contribution in [0, 0.1) is 5.82 Å². The fourth-order valence-corrected chi connectivity index (χ4v) is 1.64. The quantitative estimate of drug-likeness (QED) is 0.835. The summed E-state index contributed by atoms with van der Waals surface area (Å²) in [5.74, 6) is -0.244. The molecule has 15 heavy (non-hydrogen) atoms. The maximum Gasteiger partial charge on any atom is 0.207 e. The molecule has 78 valence electrons. The Labute approximate surface area is 90.0 Å². The van der Waals surface area contributed by atoms with E-state index < -0.39 is 0 Å². The van der Waals surface area contributed by atoms with Gasteiger partial charge < -0.3 is 11.1 Å². The number of anilines is 2. The summed E-state index contributed by atoms with van der Waals surface area (Å²) in [6.45, 7) is 0.506. The van der Waals surface area contributed by atoms with E-state index in [0.29, 0.717) is 16.8 Å². The van der Waals surface area contributed by atoms with Crippen LogP contribution in [0.5, 0.6) is 0 Å². The van der Waals surface area contributed by atoms with Crippen molar-refractivity contribution in [2.45, 2.75) is 6.54 Å². The molecule has 0 spiro atoms. The Morgan fingerprint density at radius 1 is 1.40 bits per heavy atom. The fourth-order valence-electron chi connectivity index (χ4n) is 1.13. The summed E-state index contributed by atoms with van der Waals surface area (Å²) in [6.07, 6.45) is 0. The SMILES string of the molecule is Nc1nnc(NCc2cccc(F)c2)s1. The smallest absolute Gasteiger partial charge is 0.207 e. The van der Waals surface area contributed by atoms with E-state index in [9.17, 15) is 4.39 Å². The average Bonchev–Trinajstić information content (AvgIpc) is 2.62. The van der Waals surface area contributed by atoms with Crippen molar-refractivity contribution >= 4 is 21.6 Å². The minimum absolute atomic E-state index is 0.244. The summed E-state index contributed by atoms with van der Waals surface area (Å²) in [4.78, 5) is 0. The van der Waals surface area contributed by atoms with Crippen molar-refractivity contribution in [1.82, 2.24) is 10.2 Å². The zero-order chi connectivity index (χ0) is 10.7. The van der Waals surface area contributed by atoms with Gasteiger partial charge in [-0.3, -0.25) is 0 Å². The van der Waals surface area contributed by atoms with E-state index in [4.69, 9.17) is 5.73 Å². The van der Waals surface area contributed by atoms with Crippen LogP contribution in [0.3, 0.4) is 0 Å². The number of nitrogen functional groups attached to an aromatic ring is 1. The monoisotopic (exact) mass is 224 g/mol. The topological polar surface area (TPSA) is 63.8 Å². The van der Waals surface area contributed by atoms with Crippen LogP contribution in [0.15, 0.2) is 24.3 Å². The highest BCUT2D eigenvalue weighted by atomic mass is 32.1. The van der Waals surface area contributed by atoms with E-state index in [0.717, 1.165) is 5.56 Å². The van der Waals surface area contributed by atoms with E-state index >= 15 is 0 Å². The molecule has 0 radical (unpaired) electrons. The van der Waals surface area contributed by atoms with Gasteiger partial charge >= 0.3 is 0 Å². The normalized spacial score (nSPS) is 10.2. The molecule has 1 aromatic carbocycles. The number of nitrogens with zero attached hydrogens (tertiary/aromatic N) is 2. The van der Waals surface area contributed by atoms with E-state index in [1.165, 1.54) is 23.5 Å². The number of rotatable bonds is 3. The minimum Gasteiger partial charge on any atom is -0.374 e. The summed E-state index contributed by atoms with van der Waals surface area (Å²) < 4.78 is 12.8. The van der Waals surface area contributed by atoms with Crippen molar-refractivity contribution < 1.29 is 4.39 Å². The van der Waals surface area contributed by atoms with Gasteiger partial charge in [0, 0.05) is 6.54 Å². The number of benzene rings is 1. The molecule has 0 amide bonds. The highest BCUT2D eigenvalue weighted by Gasteiger charge is 2.00. The Kier molecular flexibility index (Phi) is 2.77. The molecule has 1 heterocycles. The number of nitrogens with one attached hydrogen (secondary N) is 1. The number of halogens is 1. The van der Waals surface area contributed by atoms with E-state index in [1.54, 1.807) is 6.07 Å². The highest BCUT2D eigenvalue weighted by Crippen LogP contribution is 2.17. The largest absolute Gasteiger partial charge is 0.374 e. The predicted molar refractivity (Wildman–Crippen MR) is 58.0 cm³/mol. The molecule has 6 heteroatoms. The first-order valence-electron chi connectivity index (χ1n) is 4.31. The van der Waals surface area contributed by atoms with E-state index in [1.807, 2.05) is 6.07 Å². The van der Waals surface area contributed by atoms with Crippen LogP contribution in [0.4, 0.5) is 14.7 Å². The molecule has 2 aromatic rings. The van der Waals surface area contributed by atoms with Gasteiger partial charge in [0.05, 0.1) is 0 Å². The first-order chi connectivity index (χ1) is 7.24. The van der Waals surface area contributed by atoms with Gasteiger partial charge in [-0.25, -0.2) is 4.39 Å². The molecule has 0 unspecified atom stereocenters. The summed E-state index contributed by atoms with van der Waals surface area (Å²) in [5, 5.41) is 11.5. The van der Waals surface area contributed by atoms with Crippen LogP contribution < -0.4 is 11.1 Å². The van der Waals surface area contributed by atoms with Crippen molar-refractivity contribution in [2.75, 3.05) is 11.1 Å². The Balaban J connectivity index is 1.99. The molecule has 0 saturated carbocycles. The summed E-state index contributed by atoms with van der Waals surface area (Å²) in [6, 6.07) is 6.38. The number of aromatic nitrogens is 2. The lowest BCUT2D eigenvalue weighted by Crippen LogP contribution is -1.99. The summed E-state index contributed by atoms with van der Waals surface area (Å²) in [7, 11) is 0. The van der Waals surface area contributed by atoms with Crippen molar-refractivity contribution in [3.63, 3.8) is 0 Å². The summed E-state index contributed by atoms with van der Waals surface area (Å²) >= 11 is 1.26. The Morgan fingerprint density at radius 3 is 2.93 bits per heavy atom. The van der Waals surface area contributed by atoms with Crippen LogP contribution in [-0.4, -0.2) is 10.2 Å². The lowest BCUT2D eigenvalue weighted by molar-refractivity contribution is 0.626. The van der Waals surface area contributed by atoms with Gasteiger partial charge in [-0.15, -0.1) is 10.2 Å². The second-order valence-corrected chi connectivity index (χ2v) is 3.94. The molecule has 3 N–H and O–H groups in total. The van der Waals surface area contributed by atoms with Crippen molar-refractivity contribution in [3.8, 4) is 0 Å². The predicted octanol–water partition coefficient (Wildman–Crippen LogP) is 1.87. The van der Waals surface area contributed by atoms with E-state index in [2.05, 4.69) is 15.5 Å². The molecule has 0 bridgehead atoms. The van der Waals surface area contributed by atoms with Gasteiger partial charge in [0.2, 0.25) is 10.3 Å². The Morgan fingerprint density at radius 2 is 2.27 bits per heavy atom. The first kappa shape index (κ1) is 9.85. The van der Waals surface area contributed by atoms with Gasteiger partial charge in [0.25, 0.3) is 0 Å². The van der Waals surface area contributed by atoms with Crippen LogP contribution in [0.2, 0.25) is 0 Å². The van der Waals surface area contributed by atoms with Crippen LogP contribution in [0.1, 0.15) is 5.56 Å². The third kappa shape index (κ3) is 2.63. The average molecular weight is 224 g/mol. The van der Waals surface area contributed by atoms with Crippen LogP contribution in [0.25, 0.3) is 0 Å². The number of hydrogen-bond acceptors (Lipinski definition) is 5. The zero-order valence-electron chi connectivity index (χ0n) is 7.77. The second-order valence-electron chi connectivity index (χ2n) is 2.93. The molecule has 0 saturated heterocycles. The zero-order valence-corrected chi connectivity index (χ0v) is 8.59. The molecule has 2 rings (SSSR count). The van der Waals surface area contributed by atoms with Crippen molar-refractivity contribution in [3.05, 3.63) is 35.6 Å².